The molecular formula is C7H3FI2O2. The van der Waals surface area contributed by atoms with E-state index in [1.165, 1.54) is 6.07 Å². The van der Waals surface area contributed by atoms with Crippen LogP contribution in [0, 0.1) is 13.0 Å². The van der Waals surface area contributed by atoms with E-state index in [0.29, 0.717) is 7.14 Å². The van der Waals surface area contributed by atoms with Gasteiger partial charge >= 0.3 is 5.97 Å². The third kappa shape index (κ3) is 2.06. The van der Waals surface area contributed by atoms with Crippen molar-refractivity contribution < 1.29 is 14.3 Å². The monoisotopic (exact) mass is 392 g/mol. The molecule has 1 aromatic rings. The van der Waals surface area contributed by atoms with E-state index in [0.717, 1.165) is 0 Å². The first kappa shape index (κ1) is 10.2. The van der Waals surface area contributed by atoms with Crippen molar-refractivity contribution in [1.29, 1.82) is 0 Å². The number of rotatable bonds is 1. The third-order valence-electron chi connectivity index (χ3n) is 1.22. The zero-order chi connectivity index (χ0) is 9.30. The van der Waals surface area contributed by atoms with Crippen LogP contribution in [0.5, 0.6) is 0 Å². The van der Waals surface area contributed by atoms with E-state index >= 15 is 0 Å². The predicted molar refractivity (Wildman–Crippen MR) is 58.8 cm³/mol. The minimum Gasteiger partial charge on any atom is -0.478 e. The highest BCUT2D eigenvalue weighted by molar-refractivity contribution is 14.1. The first-order valence-electron chi connectivity index (χ1n) is 2.90. The molecule has 1 aromatic carbocycles. The van der Waals surface area contributed by atoms with Gasteiger partial charge < -0.3 is 5.11 Å². The number of aromatic carboxylic acids is 1. The SMILES string of the molecule is O=C(O)c1c(F)cc(I)cc1I. The van der Waals surface area contributed by atoms with Crippen molar-refractivity contribution in [3.8, 4) is 0 Å². The van der Waals surface area contributed by atoms with Crippen LogP contribution in [0.3, 0.4) is 0 Å². The molecule has 0 saturated carbocycles. The first-order chi connectivity index (χ1) is 5.52. The Balaban J connectivity index is 3.38. The summed E-state index contributed by atoms with van der Waals surface area (Å²) in [5.41, 5.74) is -0.254. The topological polar surface area (TPSA) is 37.3 Å². The maximum atomic E-state index is 13.0. The van der Waals surface area contributed by atoms with Gasteiger partial charge in [-0.05, 0) is 57.3 Å². The fourth-order valence-electron chi connectivity index (χ4n) is 0.747. The zero-order valence-corrected chi connectivity index (χ0v) is 9.96. The van der Waals surface area contributed by atoms with Gasteiger partial charge in [-0.3, -0.25) is 0 Å². The number of halogens is 3. The molecule has 2 nitrogen and oxygen atoms in total. The van der Waals surface area contributed by atoms with E-state index in [-0.39, 0.29) is 5.56 Å². The van der Waals surface area contributed by atoms with E-state index in [1.54, 1.807) is 28.7 Å². The normalized spacial score (nSPS) is 9.92. The molecule has 0 aliphatic heterocycles. The number of hydrogen-bond donors (Lipinski definition) is 1. The number of carboxylic acid groups (broad SMARTS) is 1. The molecule has 64 valence electrons. The van der Waals surface area contributed by atoms with Gasteiger partial charge in [0.1, 0.15) is 11.4 Å². The van der Waals surface area contributed by atoms with Crippen molar-refractivity contribution in [2.75, 3.05) is 0 Å². The highest BCUT2D eigenvalue weighted by Crippen LogP contribution is 2.19. The molecule has 0 atom stereocenters. The number of hydrogen-bond acceptors (Lipinski definition) is 1. The van der Waals surface area contributed by atoms with E-state index in [9.17, 15) is 9.18 Å². The average molecular weight is 392 g/mol. The van der Waals surface area contributed by atoms with Gasteiger partial charge in [0.2, 0.25) is 0 Å². The lowest BCUT2D eigenvalue weighted by atomic mass is 10.2. The molecule has 0 aliphatic rings. The Morgan fingerprint density at radius 3 is 2.42 bits per heavy atom. The van der Waals surface area contributed by atoms with Gasteiger partial charge in [-0.2, -0.15) is 0 Å². The van der Waals surface area contributed by atoms with Crippen LogP contribution in [0.15, 0.2) is 12.1 Å². The molecule has 0 amide bonds. The van der Waals surface area contributed by atoms with Crippen molar-refractivity contribution in [2.45, 2.75) is 0 Å². The highest BCUT2D eigenvalue weighted by Gasteiger charge is 2.14. The molecule has 5 heteroatoms. The quantitative estimate of drug-likeness (QED) is 0.747. The summed E-state index contributed by atoms with van der Waals surface area (Å²) in [5, 5.41) is 8.59. The summed E-state index contributed by atoms with van der Waals surface area (Å²) in [6.07, 6.45) is 0. The summed E-state index contributed by atoms with van der Waals surface area (Å²) in [6.45, 7) is 0. The summed E-state index contributed by atoms with van der Waals surface area (Å²) in [4.78, 5) is 10.5. The van der Waals surface area contributed by atoms with Crippen molar-refractivity contribution in [2.24, 2.45) is 0 Å². The van der Waals surface area contributed by atoms with Gasteiger partial charge in [0.05, 0.1) is 0 Å². The lowest BCUT2D eigenvalue weighted by Gasteiger charge is -2.00. The molecule has 0 heterocycles. The summed E-state index contributed by atoms with van der Waals surface area (Å²) < 4.78 is 14.1. The molecule has 1 rings (SSSR count). The Morgan fingerprint density at radius 2 is 2.00 bits per heavy atom. The molecule has 1 N–H and O–H groups in total. The first-order valence-corrected chi connectivity index (χ1v) is 5.06. The maximum Gasteiger partial charge on any atom is 0.339 e. The molecule has 0 aliphatic carbocycles. The molecule has 0 bridgehead atoms. The zero-order valence-electron chi connectivity index (χ0n) is 5.64. The standard InChI is InChI=1S/C7H3FI2O2/c8-4-1-3(9)2-5(10)6(4)7(11)12/h1-2H,(H,11,12). The fraction of sp³-hybridized carbons (Fsp3) is 0. The summed E-state index contributed by atoms with van der Waals surface area (Å²) >= 11 is 3.73. The molecule has 0 radical (unpaired) electrons. The summed E-state index contributed by atoms with van der Waals surface area (Å²) in [7, 11) is 0. The Morgan fingerprint density at radius 1 is 1.42 bits per heavy atom. The lowest BCUT2D eigenvalue weighted by molar-refractivity contribution is 0.0690. The van der Waals surface area contributed by atoms with Crippen LogP contribution in [-0.4, -0.2) is 11.1 Å². The summed E-state index contributed by atoms with van der Waals surface area (Å²) in [5.74, 6) is -1.91. The van der Waals surface area contributed by atoms with Crippen molar-refractivity contribution >= 4 is 51.2 Å². The van der Waals surface area contributed by atoms with Crippen molar-refractivity contribution in [3.05, 3.63) is 30.7 Å². The maximum absolute atomic E-state index is 13.0. The Hall–Kier alpha value is 0.0800. The van der Waals surface area contributed by atoms with Crippen LogP contribution in [0.2, 0.25) is 0 Å². The average Bonchev–Trinajstić information content (AvgIpc) is 1.82. The molecule has 12 heavy (non-hydrogen) atoms. The highest BCUT2D eigenvalue weighted by atomic mass is 127. The smallest absolute Gasteiger partial charge is 0.339 e. The molecular weight excluding hydrogens is 389 g/mol. The third-order valence-corrected chi connectivity index (χ3v) is 2.69. The van der Waals surface area contributed by atoms with E-state index in [4.69, 9.17) is 5.11 Å². The second-order valence-electron chi connectivity index (χ2n) is 2.05. The minimum absolute atomic E-state index is 0.254. The second kappa shape index (κ2) is 3.86. The van der Waals surface area contributed by atoms with E-state index in [1.807, 2.05) is 22.6 Å². The van der Waals surface area contributed by atoms with Crippen LogP contribution in [0.4, 0.5) is 4.39 Å². The lowest BCUT2D eigenvalue weighted by Crippen LogP contribution is -2.04. The van der Waals surface area contributed by atoms with E-state index in [2.05, 4.69) is 0 Å². The summed E-state index contributed by atoms with van der Waals surface area (Å²) in [6, 6.07) is 2.82. The predicted octanol–water partition coefficient (Wildman–Crippen LogP) is 2.73. The Bertz CT molecular complexity index is 315. The van der Waals surface area contributed by atoms with Gasteiger partial charge in [0, 0.05) is 7.14 Å². The number of carboxylic acids is 1. The molecule has 0 saturated heterocycles. The van der Waals surface area contributed by atoms with Crippen molar-refractivity contribution in [1.82, 2.24) is 0 Å². The van der Waals surface area contributed by atoms with E-state index < -0.39 is 11.8 Å². The van der Waals surface area contributed by atoms with Gasteiger partial charge in [-0.25, -0.2) is 9.18 Å². The fourth-order valence-corrected chi connectivity index (χ4v) is 2.75. The van der Waals surface area contributed by atoms with Crippen molar-refractivity contribution in [3.63, 3.8) is 0 Å². The van der Waals surface area contributed by atoms with Gasteiger partial charge in [0.25, 0.3) is 0 Å². The molecule has 0 fully saturated rings. The largest absolute Gasteiger partial charge is 0.478 e. The molecule has 0 spiro atoms. The Labute approximate surface area is 95.4 Å². The number of benzene rings is 1. The second-order valence-corrected chi connectivity index (χ2v) is 4.46. The van der Waals surface area contributed by atoms with Crippen LogP contribution in [0.1, 0.15) is 10.4 Å². The van der Waals surface area contributed by atoms with Crippen LogP contribution in [0.25, 0.3) is 0 Å². The molecule has 0 aromatic heterocycles. The van der Waals surface area contributed by atoms with Gasteiger partial charge in [-0.15, -0.1) is 0 Å². The Kier molecular flexibility index (Phi) is 3.27. The molecule has 0 unspecified atom stereocenters. The van der Waals surface area contributed by atoms with Crippen LogP contribution >= 0.6 is 45.2 Å². The van der Waals surface area contributed by atoms with Crippen LogP contribution in [-0.2, 0) is 0 Å². The van der Waals surface area contributed by atoms with Gasteiger partial charge in [0.15, 0.2) is 0 Å². The van der Waals surface area contributed by atoms with Gasteiger partial charge in [-0.1, -0.05) is 0 Å². The minimum atomic E-state index is -1.23. The van der Waals surface area contributed by atoms with Crippen LogP contribution < -0.4 is 0 Å². The number of carbonyl (C=O) groups is 1.